The predicted molar refractivity (Wildman–Crippen MR) is 91.6 cm³/mol. The fraction of sp³-hybridized carbons (Fsp3) is 0.235. The van der Waals surface area contributed by atoms with Gasteiger partial charge in [-0.2, -0.15) is 5.10 Å². The molecular weight excluding hydrogens is 306 g/mol. The van der Waals surface area contributed by atoms with E-state index in [0.29, 0.717) is 17.1 Å². The van der Waals surface area contributed by atoms with Crippen LogP contribution in [-0.2, 0) is 6.54 Å². The number of ether oxygens (including phenoxy) is 1. The van der Waals surface area contributed by atoms with E-state index >= 15 is 0 Å². The van der Waals surface area contributed by atoms with Gasteiger partial charge in [-0.15, -0.1) is 0 Å². The normalized spacial score (nSPS) is 13.2. The Labute approximate surface area is 138 Å². The summed E-state index contributed by atoms with van der Waals surface area (Å²) >= 11 is 0. The lowest BCUT2D eigenvalue weighted by Crippen LogP contribution is -2.20. The zero-order valence-corrected chi connectivity index (χ0v) is 13.2. The predicted octanol–water partition coefficient (Wildman–Crippen LogP) is 2.51. The minimum absolute atomic E-state index is 0.213. The number of rotatable bonds is 3. The Balaban J connectivity index is 1.72. The molecule has 2 aromatic heterocycles. The number of benzene rings is 1. The van der Waals surface area contributed by atoms with Crippen LogP contribution in [0.3, 0.4) is 0 Å². The topological polar surface area (TPSA) is 81.1 Å². The Kier molecular flexibility index (Phi) is 3.53. The zero-order valence-electron chi connectivity index (χ0n) is 13.2. The molecule has 0 radical (unpaired) electrons. The molecule has 3 aromatic rings. The van der Waals surface area contributed by atoms with E-state index in [1.165, 1.54) is 7.11 Å². The van der Waals surface area contributed by atoms with E-state index in [-0.39, 0.29) is 5.91 Å². The van der Waals surface area contributed by atoms with Crippen LogP contribution in [0.25, 0.3) is 10.9 Å². The number of amides is 1. The van der Waals surface area contributed by atoms with Crippen molar-refractivity contribution in [3.8, 4) is 5.88 Å². The van der Waals surface area contributed by atoms with Crippen molar-refractivity contribution in [2.45, 2.75) is 13.0 Å². The Hall–Kier alpha value is -3.09. The van der Waals surface area contributed by atoms with Crippen molar-refractivity contribution in [3.05, 3.63) is 42.1 Å². The molecule has 0 bridgehead atoms. The highest BCUT2D eigenvalue weighted by atomic mass is 16.5. The molecule has 0 unspecified atom stereocenters. The van der Waals surface area contributed by atoms with Gasteiger partial charge in [0.15, 0.2) is 0 Å². The first kappa shape index (κ1) is 14.5. The van der Waals surface area contributed by atoms with E-state index in [2.05, 4.69) is 20.7 Å². The Morgan fingerprint density at radius 2 is 2.25 bits per heavy atom. The van der Waals surface area contributed by atoms with Crippen molar-refractivity contribution < 1.29 is 9.53 Å². The molecule has 1 aliphatic rings. The summed E-state index contributed by atoms with van der Waals surface area (Å²) in [6.45, 7) is 1.73. The van der Waals surface area contributed by atoms with Crippen LogP contribution in [0.4, 0.5) is 11.5 Å². The summed E-state index contributed by atoms with van der Waals surface area (Å²) in [7, 11) is 1.54. The summed E-state index contributed by atoms with van der Waals surface area (Å²) in [6.07, 6.45) is 2.69. The van der Waals surface area contributed by atoms with E-state index in [1.54, 1.807) is 12.3 Å². The third-order valence-electron chi connectivity index (χ3n) is 4.07. The number of carbonyl (C=O) groups is 1. The van der Waals surface area contributed by atoms with Gasteiger partial charge in [0.05, 0.1) is 24.4 Å². The molecule has 4 rings (SSSR count). The van der Waals surface area contributed by atoms with Crippen LogP contribution in [0.1, 0.15) is 16.8 Å². The summed E-state index contributed by atoms with van der Waals surface area (Å²) in [5, 5.41) is 11.3. The Bertz CT molecular complexity index is 918. The molecule has 7 heteroatoms. The Morgan fingerprint density at radius 3 is 3.12 bits per heavy atom. The van der Waals surface area contributed by atoms with E-state index < -0.39 is 0 Å². The van der Waals surface area contributed by atoms with E-state index in [1.807, 2.05) is 28.9 Å². The van der Waals surface area contributed by atoms with E-state index in [0.717, 1.165) is 36.2 Å². The third-order valence-corrected chi connectivity index (χ3v) is 4.07. The van der Waals surface area contributed by atoms with Crippen molar-refractivity contribution >= 4 is 28.3 Å². The summed E-state index contributed by atoms with van der Waals surface area (Å²) in [5.41, 5.74) is 1.92. The standard InChI is InChI=1S/C17H17N5O2/c1-24-15-9-12(11-5-2-3-6-13(11)20-15)17(23)21-14-10-19-22-8-4-7-18-16(14)22/h2-3,5-6,9-10,18H,4,7-8H2,1H3,(H,21,23). The molecule has 2 N–H and O–H groups in total. The second-order valence-corrected chi connectivity index (χ2v) is 5.59. The monoisotopic (exact) mass is 323 g/mol. The van der Waals surface area contributed by atoms with Crippen LogP contribution in [-0.4, -0.2) is 34.3 Å². The van der Waals surface area contributed by atoms with Gasteiger partial charge in [-0.25, -0.2) is 9.67 Å². The smallest absolute Gasteiger partial charge is 0.256 e. The molecule has 0 saturated heterocycles. The summed E-state index contributed by atoms with van der Waals surface area (Å²) in [6, 6.07) is 9.16. The molecule has 24 heavy (non-hydrogen) atoms. The number of methoxy groups -OCH3 is 1. The second kappa shape index (κ2) is 5.84. The minimum atomic E-state index is -0.213. The van der Waals surface area contributed by atoms with Gasteiger partial charge >= 0.3 is 0 Å². The minimum Gasteiger partial charge on any atom is -0.481 e. The number of hydrogen-bond acceptors (Lipinski definition) is 5. The van der Waals surface area contributed by atoms with Gasteiger partial charge in [-0.3, -0.25) is 4.79 Å². The number of pyridine rings is 1. The van der Waals surface area contributed by atoms with E-state index in [4.69, 9.17) is 4.74 Å². The van der Waals surface area contributed by atoms with Gasteiger partial charge < -0.3 is 15.4 Å². The molecule has 0 fully saturated rings. The molecule has 1 aliphatic heterocycles. The SMILES string of the molecule is COc1cc(C(=O)Nc2cnn3c2NCCC3)c2ccccc2n1. The quantitative estimate of drug-likeness (QED) is 0.774. The number of aryl methyl sites for hydroxylation is 1. The average molecular weight is 323 g/mol. The van der Waals surface area contributed by atoms with Crippen molar-refractivity contribution in [3.63, 3.8) is 0 Å². The molecule has 0 saturated carbocycles. The maximum Gasteiger partial charge on any atom is 0.256 e. The van der Waals surface area contributed by atoms with Crippen LogP contribution in [0.2, 0.25) is 0 Å². The lowest BCUT2D eigenvalue weighted by molar-refractivity contribution is 0.102. The van der Waals surface area contributed by atoms with E-state index in [9.17, 15) is 4.79 Å². The lowest BCUT2D eigenvalue weighted by Gasteiger charge is -2.17. The maximum absolute atomic E-state index is 12.8. The van der Waals surface area contributed by atoms with Crippen molar-refractivity contribution in [2.75, 3.05) is 24.3 Å². The van der Waals surface area contributed by atoms with Gasteiger partial charge in [0.1, 0.15) is 11.5 Å². The first-order valence-corrected chi connectivity index (χ1v) is 7.81. The van der Waals surface area contributed by atoms with Crippen LogP contribution in [0, 0.1) is 0 Å². The summed E-state index contributed by atoms with van der Waals surface area (Å²) < 4.78 is 7.08. The van der Waals surface area contributed by atoms with Gasteiger partial charge in [-0.05, 0) is 12.5 Å². The van der Waals surface area contributed by atoms with Crippen LogP contribution in [0.15, 0.2) is 36.5 Å². The molecule has 7 nitrogen and oxygen atoms in total. The van der Waals surface area contributed by atoms with Gasteiger partial charge in [0.2, 0.25) is 5.88 Å². The molecule has 1 aromatic carbocycles. The van der Waals surface area contributed by atoms with Gasteiger partial charge in [0.25, 0.3) is 5.91 Å². The number of anilines is 2. The summed E-state index contributed by atoms with van der Waals surface area (Å²) in [4.78, 5) is 17.2. The number of fused-ring (bicyclic) bond motifs is 2. The highest BCUT2D eigenvalue weighted by Gasteiger charge is 2.19. The highest BCUT2D eigenvalue weighted by Crippen LogP contribution is 2.27. The fourth-order valence-corrected chi connectivity index (χ4v) is 2.90. The van der Waals surface area contributed by atoms with Gasteiger partial charge in [-0.1, -0.05) is 18.2 Å². The molecule has 1 amide bonds. The number of carbonyl (C=O) groups excluding carboxylic acids is 1. The number of hydrogen-bond donors (Lipinski definition) is 2. The van der Waals surface area contributed by atoms with Crippen LogP contribution in [0.5, 0.6) is 5.88 Å². The van der Waals surface area contributed by atoms with Gasteiger partial charge in [0, 0.05) is 24.5 Å². The fourth-order valence-electron chi connectivity index (χ4n) is 2.90. The number of para-hydroxylation sites is 1. The molecular formula is C17H17N5O2. The van der Waals surface area contributed by atoms with Crippen molar-refractivity contribution in [1.29, 1.82) is 0 Å². The molecule has 122 valence electrons. The highest BCUT2D eigenvalue weighted by molar-refractivity contribution is 6.13. The first-order chi connectivity index (χ1) is 11.8. The maximum atomic E-state index is 12.8. The third kappa shape index (κ3) is 2.44. The van der Waals surface area contributed by atoms with Crippen LogP contribution >= 0.6 is 0 Å². The molecule has 0 spiro atoms. The molecule has 3 heterocycles. The number of aromatic nitrogens is 3. The lowest BCUT2D eigenvalue weighted by atomic mass is 10.1. The average Bonchev–Trinajstić information content (AvgIpc) is 3.03. The number of nitrogens with zero attached hydrogens (tertiary/aromatic N) is 3. The number of nitrogens with one attached hydrogen (secondary N) is 2. The first-order valence-electron chi connectivity index (χ1n) is 7.81. The van der Waals surface area contributed by atoms with Crippen molar-refractivity contribution in [1.82, 2.24) is 14.8 Å². The second-order valence-electron chi connectivity index (χ2n) is 5.59. The molecule has 0 aliphatic carbocycles. The van der Waals surface area contributed by atoms with Crippen LogP contribution < -0.4 is 15.4 Å². The molecule has 0 atom stereocenters. The Morgan fingerprint density at radius 1 is 1.38 bits per heavy atom. The van der Waals surface area contributed by atoms with Crippen molar-refractivity contribution in [2.24, 2.45) is 0 Å². The largest absolute Gasteiger partial charge is 0.481 e. The summed E-state index contributed by atoms with van der Waals surface area (Å²) in [5.74, 6) is 1.05. The zero-order chi connectivity index (χ0) is 16.5.